The molecule has 0 aliphatic rings. The third kappa shape index (κ3) is 7.16. The van der Waals surface area contributed by atoms with Gasteiger partial charge in [-0.05, 0) is 44.0 Å². The molecule has 0 heterocycles. The first kappa shape index (κ1) is 18.3. The zero-order valence-corrected chi connectivity index (χ0v) is 14.2. The van der Waals surface area contributed by atoms with Crippen LogP contribution in [0.1, 0.15) is 51.6 Å². The van der Waals surface area contributed by atoms with Gasteiger partial charge >= 0.3 is 0 Å². The lowest BCUT2D eigenvalue weighted by Crippen LogP contribution is -2.19. The number of ether oxygens (including phenoxy) is 2. The van der Waals surface area contributed by atoms with E-state index in [1.54, 1.807) is 0 Å². The Labute approximate surface area is 134 Å². The number of benzene rings is 1. The number of rotatable bonds is 11. The Morgan fingerprint density at radius 1 is 1.14 bits per heavy atom. The van der Waals surface area contributed by atoms with Crippen LogP contribution in [0.2, 0.25) is 5.02 Å². The minimum Gasteiger partial charge on any atom is -0.490 e. The van der Waals surface area contributed by atoms with Gasteiger partial charge in [0.2, 0.25) is 0 Å². The average molecular weight is 314 g/mol. The quantitative estimate of drug-likeness (QED) is 0.606. The Bertz CT molecular complexity index is 398. The Balaban J connectivity index is 2.39. The Morgan fingerprint density at radius 2 is 1.95 bits per heavy atom. The lowest BCUT2D eigenvalue weighted by molar-refractivity contribution is 0.0981. The molecule has 0 aliphatic heterocycles. The highest BCUT2D eigenvalue weighted by Gasteiger charge is 2.08. The van der Waals surface area contributed by atoms with Crippen molar-refractivity contribution in [1.29, 1.82) is 0 Å². The van der Waals surface area contributed by atoms with E-state index >= 15 is 0 Å². The topological polar surface area (TPSA) is 30.5 Å². The molecule has 0 bridgehead atoms. The predicted octanol–water partition coefficient (Wildman–Crippen LogP) is 4.60. The van der Waals surface area contributed by atoms with Gasteiger partial charge in [-0.25, -0.2) is 0 Å². The van der Waals surface area contributed by atoms with Crippen LogP contribution in [0.4, 0.5) is 0 Å². The summed E-state index contributed by atoms with van der Waals surface area (Å²) in [5, 5.41) is 4.11. The normalized spacial score (nSPS) is 12.4. The minimum atomic E-state index is 0.300. The third-order valence-electron chi connectivity index (χ3n) is 3.28. The second-order valence-corrected chi connectivity index (χ2v) is 5.59. The SMILES string of the molecule is CCCCOCCOc1ccc(C(C)NCCC)cc1Cl. The highest BCUT2D eigenvalue weighted by molar-refractivity contribution is 6.32. The van der Waals surface area contributed by atoms with Gasteiger partial charge in [0, 0.05) is 12.6 Å². The highest BCUT2D eigenvalue weighted by atomic mass is 35.5. The smallest absolute Gasteiger partial charge is 0.138 e. The van der Waals surface area contributed by atoms with Crippen LogP contribution in [0.3, 0.4) is 0 Å². The first-order valence-electron chi connectivity index (χ1n) is 7.92. The number of halogens is 1. The summed E-state index contributed by atoms with van der Waals surface area (Å²) in [4.78, 5) is 0. The van der Waals surface area contributed by atoms with Gasteiger partial charge in [0.05, 0.1) is 11.6 Å². The molecule has 3 nitrogen and oxygen atoms in total. The molecule has 0 radical (unpaired) electrons. The van der Waals surface area contributed by atoms with Crippen molar-refractivity contribution in [2.45, 2.75) is 46.1 Å². The van der Waals surface area contributed by atoms with Gasteiger partial charge in [-0.2, -0.15) is 0 Å². The maximum absolute atomic E-state index is 6.28. The van der Waals surface area contributed by atoms with Crippen molar-refractivity contribution in [1.82, 2.24) is 5.32 Å². The van der Waals surface area contributed by atoms with E-state index in [-0.39, 0.29) is 0 Å². The Morgan fingerprint density at radius 3 is 2.62 bits per heavy atom. The van der Waals surface area contributed by atoms with Crippen molar-refractivity contribution >= 4 is 11.6 Å². The molecule has 21 heavy (non-hydrogen) atoms. The summed E-state index contributed by atoms with van der Waals surface area (Å²) >= 11 is 6.28. The van der Waals surface area contributed by atoms with E-state index in [2.05, 4.69) is 32.2 Å². The van der Waals surface area contributed by atoms with Gasteiger partial charge in [0.1, 0.15) is 12.4 Å². The van der Waals surface area contributed by atoms with Crippen molar-refractivity contribution in [3.8, 4) is 5.75 Å². The number of hydrogen-bond donors (Lipinski definition) is 1. The molecular formula is C17H28ClNO2. The number of unbranched alkanes of at least 4 members (excludes halogenated alkanes) is 1. The monoisotopic (exact) mass is 313 g/mol. The number of nitrogens with one attached hydrogen (secondary N) is 1. The van der Waals surface area contributed by atoms with Crippen LogP contribution >= 0.6 is 11.6 Å². The molecule has 0 saturated carbocycles. The van der Waals surface area contributed by atoms with Gasteiger partial charge in [-0.15, -0.1) is 0 Å². The molecule has 0 saturated heterocycles. The molecule has 1 N–H and O–H groups in total. The standard InChI is InChI=1S/C17H28ClNO2/c1-4-6-10-20-11-12-21-17-8-7-15(13-16(17)18)14(3)19-9-5-2/h7-8,13-14,19H,4-6,9-12H2,1-3H3. The van der Waals surface area contributed by atoms with Crippen LogP contribution in [0.5, 0.6) is 5.75 Å². The molecule has 0 spiro atoms. The summed E-state index contributed by atoms with van der Waals surface area (Å²) in [6.07, 6.45) is 3.37. The maximum Gasteiger partial charge on any atom is 0.138 e. The fourth-order valence-corrected chi connectivity index (χ4v) is 2.18. The van der Waals surface area contributed by atoms with E-state index in [0.717, 1.165) is 38.2 Å². The van der Waals surface area contributed by atoms with Crippen LogP contribution in [0.25, 0.3) is 0 Å². The lowest BCUT2D eigenvalue weighted by atomic mass is 10.1. The molecule has 4 heteroatoms. The van der Waals surface area contributed by atoms with Gasteiger partial charge in [-0.1, -0.05) is 37.9 Å². The van der Waals surface area contributed by atoms with E-state index in [1.165, 1.54) is 5.56 Å². The molecular weight excluding hydrogens is 286 g/mol. The zero-order valence-electron chi connectivity index (χ0n) is 13.5. The second-order valence-electron chi connectivity index (χ2n) is 5.18. The number of hydrogen-bond acceptors (Lipinski definition) is 3. The van der Waals surface area contributed by atoms with E-state index in [0.29, 0.717) is 24.3 Å². The largest absolute Gasteiger partial charge is 0.490 e. The first-order chi connectivity index (χ1) is 10.2. The van der Waals surface area contributed by atoms with Crippen molar-refractivity contribution < 1.29 is 9.47 Å². The van der Waals surface area contributed by atoms with Gasteiger partial charge in [0.25, 0.3) is 0 Å². The molecule has 1 unspecified atom stereocenters. The van der Waals surface area contributed by atoms with Crippen molar-refractivity contribution in [3.63, 3.8) is 0 Å². The second kappa shape index (κ2) is 10.9. The summed E-state index contributed by atoms with van der Waals surface area (Å²) in [7, 11) is 0. The van der Waals surface area contributed by atoms with Crippen LogP contribution < -0.4 is 10.1 Å². The van der Waals surface area contributed by atoms with Crippen molar-refractivity contribution in [2.75, 3.05) is 26.4 Å². The first-order valence-corrected chi connectivity index (χ1v) is 8.30. The van der Waals surface area contributed by atoms with Crippen molar-refractivity contribution in [2.24, 2.45) is 0 Å². The van der Waals surface area contributed by atoms with Gasteiger partial charge in [0.15, 0.2) is 0 Å². The molecule has 0 amide bonds. The highest BCUT2D eigenvalue weighted by Crippen LogP contribution is 2.27. The summed E-state index contributed by atoms with van der Waals surface area (Å²) in [6, 6.07) is 6.27. The molecule has 0 fully saturated rings. The van der Waals surface area contributed by atoms with Crippen LogP contribution in [-0.4, -0.2) is 26.4 Å². The third-order valence-corrected chi connectivity index (χ3v) is 3.58. The van der Waals surface area contributed by atoms with Crippen LogP contribution in [0.15, 0.2) is 18.2 Å². The molecule has 0 aromatic heterocycles. The molecule has 1 aromatic carbocycles. The summed E-state index contributed by atoms with van der Waals surface area (Å²) in [5.74, 6) is 0.724. The van der Waals surface area contributed by atoms with Crippen LogP contribution in [-0.2, 0) is 4.74 Å². The molecule has 0 aliphatic carbocycles. The predicted molar refractivity (Wildman–Crippen MR) is 89.4 cm³/mol. The van der Waals surface area contributed by atoms with Crippen molar-refractivity contribution in [3.05, 3.63) is 28.8 Å². The lowest BCUT2D eigenvalue weighted by Gasteiger charge is -2.15. The maximum atomic E-state index is 6.28. The van der Waals surface area contributed by atoms with Gasteiger partial charge < -0.3 is 14.8 Å². The average Bonchev–Trinajstić information content (AvgIpc) is 2.49. The summed E-state index contributed by atoms with van der Waals surface area (Å²) in [6.45, 7) is 9.39. The summed E-state index contributed by atoms with van der Waals surface area (Å²) < 4.78 is 11.1. The summed E-state index contributed by atoms with van der Waals surface area (Å²) in [5.41, 5.74) is 1.18. The Hall–Kier alpha value is -0.770. The minimum absolute atomic E-state index is 0.300. The molecule has 1 atom stereocenters. The van der Waals surface area contributed by atoms with Crippen LogP contribution in [0, 0.1) is 0 Å². The van der Waals surface area contributed by atoms with E-state index in [1.807, 2.05) is 12.1 Å². The van der Waals surface area contributed by atoms with E-state index in [9.17, 15) is 0 Å². The van der Waals surface area contributed by atoms with Gasteiger partial charge in [-0.3, -0.25) is 0 Å². The fourth-order valence-electron chi connectivity index (χ4n) is 1.94. The molecule has 1 aromatic rings. The molecule has 120 valence electrons. The van der Waals surface area contributed by atoms with E-state index in [4.69, 9.17) is 21.1 Å². The fraction of sp³-hybridized carbons (Fsp3) is 0.647. The zero-order chi connectivity index (χ0) is 15.5. The molecule has 1 rings (SSSR count). The Kier molecular flexibility index (Phi) is 9.48. The van der Waals surface area contributed by atoms with E-state index < -0.39 is 0 Å².